The highest BCUT2D eigenvalue weighted by molar-refractivity contribution is 5.91. The van der Waals surface area contributed by atoms with Crippen molar-refractivity contribution >= 4 is 29.5 Å². The molecule has 0 aliphatic rings. The molecule has 0 spiro atoms. The molecule has 0 aliphatic carbocycles. The molecule has 0 radical (unpaired) electrons. The zero-order valence-corrected chi connectivity index (χ0v) is 8.06. The van der Waals surface area contributed by atoms with E-state index in [4.69, 9.17) is 4.42 Å². The SMILES string of the molecule is C=Nc1oc2nccnc2c1N(C)C. The fourth-order valence-electron chi connectivity index (χ4n) is 1.31. The van der Waals surface area contributed by atoms with Crippen molar-refractivity contribution < 1.29 is 4.42 Å². The van der Waals surface area contributed by atoms with E-state index in [1.165, 1.54) is 0 Å². The van der Waals surface area contributed by atoms with Gasteiger partial charge in [0.2, 0.25) is 11.6 Å². The van der Waals surface area contributed by atoms with Crippen LogP contribution in [0.3, 0.4) is 0 Å². The van der Waals surface area contributed by atoms with Crippen LogP contribution in [-0.4, -0.2) is 30.8 Å². The van der Waals surface area contributed by atoms with Gasteiger partial charge in [0.15, 0.2) is 5.52 Å². The summed E-state index contributed by atoms with van der Waals surface area (Å²) in [6.07, 6.45) is 3.20. The third-order valence-corrected chi connectivity index (χ3v) is 1.88. The van der Waals surface area contributed by atoms with Gasteiger partial charge in [0.05, 0.1) is 0 Å². The molecule has 2 rings (SSSR count). The molecular weight excluding hydrogens is 180 g/mol. The first-order valence-electron chi connectivity index (χ1n) is 4.11. The van der Waals surface area contributed by atoms with E-state index in [1.807, 2.05) is 19.0 Å². The van der Waals surface area contributed by atoms with Crippen LogP contribution in [0.4, 0.5) is 11.6 Å². The average Bonchev–Trinajstić information content (AvgIpc) is 2.55. The standard InChI is InChI=1S/C9H10N4O/c1-10-9-7(13(2)3)6-8(14-9)12-5-4-11-6/h4-5H,1H2,2-3H3. The van der Waals surface area contributed by atoms with Gasteiger partial charge in [-0.25, -0.2) is 15.0 Å². The number of hydrogen-bond donors (Lipinski definition) is 0. The lowest BCUT2D eigenvalue weighted by Crippen LogP contribution is -2.08. The van der Waals surface area contributed by atoms with Gasteiger partial charge in [-0.3, -0.25) is 0 Å². The van der Waals surface area contributed by atoms with Crippen LogP contribution in [0, 0.1) is 0 Å². The summed E-state index contributed by atoms with van der Waals surface area (Å²) in [6, 6.07) is 0. The van der Waals surface area contributed by atoms with Crippen LogP contribution in [-0.2, 0) is 0 Å². The number of rotatable bonds is 2. The number of aromatic nitrogens is 2. The Labute approximate surface area is 81.1 Å². The minimum atomic E-state index is 0.455. The summed E-state index contributed by atoms with van der Waals surface area (Å²) in [5.41, 5.74) is 2.00. The zero-order chi connectivity index (χ0) is 10.1. The minimum absolute atomic E-state index is 0.455. The molecule has 0 N–H and O–H groups in total. The van der Waals surface area contributed by atoms with E-state index in [9.17, 15) is 0 Å². The predicted molar refractivity (Wildman–Crippen MR) is 55.3 cm³/mol. The number of hydrogen-bond acceptors (Lipinski definition) is 5. The molecule has 0 unspecified atom stereocenters. The molecule has 72 valence electrons. The van der Waals surface area contributed by atoms with Crippen molar-refractivity contribution in [3.63, 3.8) is 0 Å². The molecule has 2 aromatic rings. The summed E-state index contributed by atoms with van der Waals surface area (Å²) in [6.45, 7) is 3.44. The second-order valence-corrected chi connectivity index (χ2v) is 3.02. The molecule has 14 heavy (non-hydrogen) atoms. The van der Waals surface area contributed by atoms with Crippen molar-refractivity contribution in [3.05, 3.63) is 12.4 Å². The van der Waals surface area contributed by atoms with Gasteiger partial charge in [0, 0.05) is 26.5 Å². The highest BCUT2D eigenvalue weighted by Gasteiger charge is 2.16. The van der Waals surface area contributed by atoms with Crippen LogP contribution >= 0.6 is 0 Å². The summed E-state index contributed by atoms with van der Waals surface area (Å²) in [4.78, 5) is 13.9. The van der Waals surface area contributed by atoms with Gasteiger partial charge in [-0.05, 0) is 6.72 Å². The molecule has 0 fully saturated rings. The van der Waals surface area contributed by atoms with Crippen LogP contribution in [0.1, 0.15) is 0 Å². The fraction of sp³-hybridized carbons (Fsp3) is 0.222. The lowest BCUT2D eigenvalue weighted by atomic mass is 10.4. The molecule has 0 amide bonds. The molecular formula is C9H10N4O. The number of furan rings is 1. The summed E-state index contributed by atoms with van der Waals surface area (Å²) in [5, 5.41) is 0. The minimum Gasteiger partial charge on any atom is -0.416 e. The Kier molecular flexibility index (Phi) is 1.92. The molecule has 0 atom stereocenters. The first kappa shape index (κ1) is 8.68. The Balaban J connectivity index is 2.80. The Morgan fingerprint density at radius 2 is 2.07 bits per heavy atom. The van der Waals surface area contributed by atoms with Crippen LogP contribution < -0.4 is 4.90 Å². The molecule has 0 aromatic carbocycles. The highest BCUT2D eigenvalue weighted by atomic mass is 16.4. The number of anilines is 1. The molecule has 0 saturated carbocycles. The monoisotopic (exact) mass is 190 g/mol. The summed E-state index contributed by atoms with van der Waals surface area (Å²) >= 11 is 0. The van der Waals surface area contributed by atoms with Crippen LogP contribution in [0.25, 0.3) is 11.2 Å². The van der Waals surface area contributed by atoms with Gasteiger partial charge >= 0.3 is 0 Å². The molecule has 5 nitrogen and oxygen atoms in total. The number of fused-ring (bicyclic) bond motifs is 1. The smallest absolute Gasteiger partial charge is 0.249 e. The molecule has 2 heterocycles. The van der Waals surface area contributed by atoms with Crippen LogP contribution in [0.5, 0.6) is 0 Å². The number of nitrogens with zero attached hydrogens (tertiary/aromatic N) is 4. The van der Waals surface area contributed by atoms with E-state index in [0.29, 0.717) is 17.1 Å². The van der Waals surface area contributed by atoms with Gasteiger partial charge < -0.3 is 9.32 Å². The first-order chi connectivity index (χ1) is 6.74. The summed E-state index contributed by atoms with van der Waals surface area (Å²) in [5.74, 6) is 0.455. The van der Waals surface area contributed by atoms with E-state index in [2.05, 4.69) is 21.7 Å². The molecule has 5 heteroatoms. The lowest BCUT2D eigenvalue weighted by Gasteiger charge is -2.09. The van der Waals surface area contributed by atoms with Crippen molar-refractivity contribution in [2.75, 3.05) is 19.0 Å². The second kappa shape index (κ2) is 3.10. The van der Waals surface area contributed by atoms with Crippen molar-refractivity contribution in [1.29, 1.82) is 0 Å². The molecule has 0 saturated heterocycles. The van der Waals surface area contributed by atoms with Crippen molar-refractivity contribution in [2.45, 2.75) is 0 Å². The Morgan fingerprint density at radius 1 is 1.36 bits per heavy atom. The van der Waals surface area contributed by atoms with E-state index in [1.54, 1.807) is 12.4 Å². The zero-order valence-electron chi connectivity index (χ0n) is 8.06. The Morgan fingerprint density at radius 3 is 2.71 bits per heavy atom. The van der Waals surface area contributed by atoms with E-state index >= 15 is 0 Å². The van der Waals surface area contributed by atoms with Gasteiger partial charge in [-0.15, -0.1) is 0 Å². The van der Waals surface area contributed by atoms with Crippen molar-refractivity contribution in [3.8, 4) is 0 Å². The maximum Gasteiger partial charge on any atom is 0.249 e. The topological polar surface area (TPSA) is 54.5 Å². The number of aliphatic imine (C=N–C) groups is 1. The van der Waals surface area contributed by atoms with Gasteiger partial charge in [0.25, 0.3) is 0 Å². The Hall–Kier alpha value is -1.91. The first-order valence-corrected chi connectivity index (χ1v) is 4.11. The van der Waals surface area contributed by atoms with E-state index < -0.39 is 0 Å². The normalized spacial score (nSPS) is 10.4. The fourth-order valence-corrected chi connectivity index (χ4v) is 1.31. The summed E-state index contributed by atoms with van der Waals surface area (Å²) < 4.78 is 5.37. The largest absolute Gasteiger partial charge is 0.416 e. The van der Waals surface area contributed by atoms with Gasteiger partial charge in [-0.2, -0.15) is 0 Å². The predicted octanol–water partition coefficient (Wildman–Crippen LogP) is 1.62. The van der Waals surface area contributed by atoms with Crippen LogP contribution in [0.2, 0.25) is 0 Å². The highest BCUT2D eigenvalue weighted by Crippen LogP contribution is 2.35. The lowest BCUT2D eigenvalue weighted by molar-refractivity contribution is 0.613. The average molecular weight is 190 g/mol. The quantitative estimate of drug-likeness (QED) is 0.675. The second-order valence-electron chi connectivity index (χ2n) is 3.02. The Bertz CT molecular complexity index is 475. The molecule has 2 aromatic heterocycles. The van der Waals surface area contributed by atoms with Gasteiger partial charge in [0.1, 0.15) is 5.69 Å². The van der Waals surface area contributed by atoms with Crippen molar-refractivity contribution in [1.82, 2.24) is 9.97 Å². The van der Waals surface area contributed by atoms with E-state index in [-0.39, 0.29) is 0 Å². The van der Waals surface area contributed by atoms with E-state index in [0.717, 1.165) is 5.69 Å². The van der Waals surface area contributed by atoms with Crippen LogP contribution in [0.15, 0.2) is 21.8 Å². The molecule has 0 bridgehead atoms. The third kappa shape index (κ3) is 1.14. The van der Waals surface area contributed by atoms with Gasteiger partial charge in [-0.1, -0.05) is 0 Å². The van der Waals surface area contributed by atoms with Crippen molar-refractivity contribution in [2.24, 2.45) is 4.99 Å². The third-order valence-electron chi connectivity index (χ3n) is 1.88. The maximum absolute atomic E-state index is 5.37. The molecule has 0 aliphatic heterocycles. The maximum atomic E-state index is 5.37. The summed E-state index contributed by atoms with van der Waals surface area (Å²) in [7, 11) is 3.79.